The van der Waals surface area contributed by atoms with Crippen LogP contribution in [-0.2, 0) is 9.53 Å². The summed E-state index contributed by atoms with van der Waals surface area (Å²) in [7, 11) is 2.87. The fourth-order valence-electron chi connectivity index (χ4n) is 2.48. The lowest BCUT2D eigenvalue weighted by Crippen LogP contribution is -2.32. The van der Waals surface area contributed by atoms with E-state index in [4.69, 9.17) is 16.3 Å². The molecule has 2 N–H and O–H groups in total. The van der Waals surface area contributed by atoms with E-state index in [0.717, 1.165) is 5.56 Å². The van der Waals surface area contributed by atoms with Gasteiger partial charge in [-0.15, -0.1) is 0 Å². The van der Waals surface area contributed by atoms with Gasteiger partial charge in [-0.05, 0) is 31.2 Å². The fraction of sp³-hybridized carbons (Fsp3) is 0.263. The van der Waals surface area contributed by atoms with Gasteiger partial charge in [-0.3, -0.25) is 4.79 Å². The lowest BCUT2D eigenvalue weighted by Gasteiger charge is -2.17. The van der Waals surface area contributed by atoms with Crippen LogP contribution in [0.1, 0.15) is 28.9 Å². The Kier molecular flexibility index (Phi) is 6.86. The Morgan fingerprint density at radius 2 is 1.88 bits per heavy atom. The van der Waals surface area contributed by atoms with Crippen molar-refractivity contribution in [3.63, 3.8) is 0 Å². The van der Waals surface area contributed by atoms with Crippen LogP contribution in [0.25, 0.3) is 0 Å². The van der Waals surface area contributed by atoms with Gasteiger partial charge in [0.15, 0.2) is 0 Å². The summed E-state index contributed by atoms with van der Waals surface area (Å²) in [4.78, 5) is 23.9. The third-order valence-corrected chi connectivity index (χ3v) is 4.14. The number of anilines is 1. The normalized spacial score (nSPS) is 11.4. The zero-order valence-corrected chi connectivity index (χ0v) is 15.6. The van der Waals surface area contributed by atoms with E-state index >= 15 is 0 Å². The number of carbonyl (C=O) groups is 2. The van der Waals surface area contributed by atoms with Crippen molar-refractivity contribution < 1.29 is 19.1 Å². The molecular weight excluding hydrogens is 356 g/mol. The number of rotatable bonds is 7. The average Bonchev–Trinajstić information content (AvgIpc) is 2.66. The van der Waals surface area contributed by atoms with Gasteiger partial charge in [0.1, 0.15) is 5.75 Å². The molecule has 26 heavy (non-hydrogen) atoms. The van der Waals surface area contributed by atoms with E-state index in [1.165, 1.54) is 7.11 Å². The summed E-state index contributed by atoms with van der Waals surface area (Å²) in [5.74, 6) is -0.0143. The molecule has 1 atom stereocenters. The van der Waals surface area contributed by atoms with E-state index in [1.54, 1.807) is 25.3 Å². The number of hydrogen-bond donors (Lipinski definition) is 2. The Morgan fingerprint density at radius 3 is 2.58 bits per heavy atom. The highest BCUT2D eigenvalue weighted by atomic mass is 35.5. The molecule has 0 bridgehead atoms. The van der Waals surface area contributed by atoms with E-state index in [1.807, 2.05) is 31.2 Å². The Balaban J connectivity index is 1.97. The van der Waals surface area contributed by atoms with Gasteiger partial charge in [-0.1, -0.05) is 29.8 Å². The minimum Gasteiger partial charge on any atom is -0.496 e. The second kappa shape index (κ2) is 9.10. The summed E-state index contributed by atoms with van der Waals surface area (Å²) in [5.41, 5.74) is 1.72. The highest BCUT2D eigenvalue weighted by molar-refractivity contribution is 6.33. The standard InChI is InChI=1S/C19H21ClN2O4/c1-12(14-6-4-5-7-17(14)25-2)22-18(23)11-21-13-8-9-16(20)15(10-13)19(24)26-3/h4-10,12,21H,11H2,1-3H3,(H,22,23). The van der Waals surface area contributed by atoms with E-state index in [0.29, 0.717) is 11.4 Å². The highest BCUT2D eigenvalue weighted by Gasteiger charge is 2.14. The van der Waals surface area contributed by atoms with Crippen LogP contribution in [0.3, 0.4) is 0 Å². The molecule has 2 aromatic rings. The molecule has 2 aromatic carbocycles. The first-order valence-electron chi connectivity index (χ1n) is 8.00. The van der Waals surface area contributed by atoms with Crippen molar-refractivity contribution in [3.8, 4) is 5.75 Å². The summed E-state index contributed by atoms with van der Waals surface area (Å²) in [5, 5.41) is 6.16. The van der Waals surface area contributed by atoms with E-state index in [-0.39, 0.29) is 29.1 Å². The van der Waals surface area contributed by atoms with Crippen molar-refractivity contribution in [2.45, 2.75) is 13.0 Å². The lowest BCUT2D eigenvalue weighted by molar-refractivity contribution is -0.120. The zero-order valence-electron chi connectivity index (χ0n) is 14.8. The maximum atomic E-state index is 12.2. The first kappa shape index (κ1) is 19.6. The molecule has 7 heteroatoms. The minimum atomic E-state index is -0.534. The average molecular weight is 377 g/mol. The number of methoxy groups -OCH3 is 2. The summed E-state index contributed by atoms with van der Waals surface area (Å²) < 4.78 is 9.99. The predicted octanol–water partition coefficient (Wildman–Crippen LogP) is 3.42. The molecule has 2 rings (SSSR count). The number of halogens is 1. The number of ether oxygens (including phenoxy) is 2. The molecule has 0 aromatic heterocycles. The molecule has 6 nitrogen and oxygen atoms in total. The van der Waals surface area contributed by atoms with E-state index < -0.39 is 5.97 Å². The van der Waals surface area contributed by atoms with Gasteiger partial charge in [-0.2, -0.15) is 0 Å². The Bertz CT molecular complexity index is 795. The van der Waals surface area contributed by atoms with Gasteiger partial charge in [0, 0.05) is 11.3 Å². The molecule has 0 aliphatic rings. The second-order valence-electron chi connectivity index (χ2n) is 5.57. The Hall–Kier alpha value is -2.73. The van der Waals surface area contributed by atoms with Crippen LogP contribution < -0.4 is 15.4 Å². The van der Waals surface area contributed by atoms with Gasteiger partial charge in [-0.25, -0.2) is 4.79 Å². The summed E-state index contributed by atoms with van der Waals surface area (Å²) in [6, 6.07) is 12.1. The monoisotopic (exact) mass is 376 g/mol. The third kappa shape index (κ3) is 4.89. The zero-order chi connectivity index (χ0) is 19.1. The maximum Gasteiger partial charge on any atom is 0.339 e. The molecule has 0 aliphatic carbocycles. The first-order valence-corrected chi connectivity index (χ1v) is 8.38. The smallest absolute Gasteiger partial charge is 0.339 e. The van der Waals surface area contributed by atoms with Crippen molar-refractivity contribution in [2.75, 3.05) is 26.1 Å². The first-order chi connectivity index (χ1) is 12.5. The molecule has 0 aliphatic heterocycles. The molecule has 0 spiro atoms. The summed E-state index contributed by atoms with van der Waals surface area (Å²) in [6.45, 7) is 1.93. The molecule has 0 fully saturated rings. The number of nitrogens with one attached hydrogen (secondary N) is 2. The SMILES string of the molecule is COC(=O)c1cc(NCC(=O)NC(C)c2ccccc2OC)ccc1Cl. The fourth-order valence-corrected chi connectivity index (χ4v) is 2.67. The predicted molar refractivity (Wildman–Crippen MR) is 101 cm³/mol. The Labute approximate surface area is 157 Å². The lowest BCUT2D eigenvalue weighted by atomic mass is 10.1. The quantitative estimate of drug-likeness (QED) is 0.724. The van der Waals surface area contributed by atoms with Gasteiger partial charge in [0.25, 0.3) is 0 Å². The topological polar surface area (TPSA) is 76.7 Å². The molecule has 0 radical (unpaired) electrons. The van der Waals surface area contributed by atoms with Gasteiger partial charge < -0.3 is 20.1 Å². The molecule has 0 heterocycles. The number of para-hydroxylation sites is 1. The summed E-state index contributed by atoms with van der Waals surface area (Å²) >= 11 is 5.98. The van der Waals surface area contributed by atoms with Gasteiger partial charge in [0.2, 0.25) is 5.91 Å². The van der Waals surface area contributed by atoms with Crippen LogP contribution in [0.2, 0.25) is 5.02 Å². The molecule has 0 saturated heterocycles. The van der Waals surface area contributed by atoms with Crippen molar-refractivity contribution in [1.82, 2.24) is 5.32 Å². The number of amides is 1. The van der Waals surface area contributed by atoms with Gasteiger partial charge >= 0.3 is 5.97 Å². The van der Waals surface area contributed by atoms with E-state index in [2.05, 4.69) is 15.4 Å². The van der Waals surface area contributed by atoms with Crippen LogP contribution in [0.4, 0.5) is 5.69 Å². The molecule has 1 unspecified atom stereocenters. The van der Waals surface area contributed by atoms with Crippen LogP contribution in [0.5, 0.6) is 5.75 Å². The summed E-state index contributed by atoms with van der Waals surface area (Å²) in [6.07, 6.45) is 0. The number of benzene rings is 2. The number of carbonyl (C=O) groups excluding carboxylic acids is 2. The van der Waals surface area contributed by atoms with Crippen molar-refractivity contribution >= 4 is 29.2 Å². The van der Waals surface area contributed by atoms with Crippen LogP contribution in [-0.4, -0.2) is 32.6 Å². The van der Waals surface area contributed by atoms with E-state index in [9.17, 15) is 9.59 Å². The molecule has 138 valence electrons. The Morgan fingerprint density at radius 1 is 1.15 bits per heavy atom. The van der Waals surface area contributed by atoms with Crippen LogP contribution in [0, 0.1) is 0 Å². The van der Waals surface area contributed by atoms with Crippen LogP contribution >= 0.6 is 11.6 Å². The maximum absolute atomic E-state index is 12.2. The molecule has 0 saturated carbocycles. The van der Waals surface area contributed by atoms with Crippen molar-refractivity contribution in [2.24, 2.45) is 0 Å². The van der Waals surface area contributed by atoms with Crippen molar-refractivity contribution in [3.05, 3.63) is 58.6 Å². The van der Waals surface area contributed by atoms with Crippen molar-refractivity contribution in [1.29, 1.82) is 0 Å². The third-order valence-electron chi connectivity index (χ3n) is 3.81. The highest BCUT2D eigenvalue weighted by Crippen LogP contribution is 2.24. The van der Waals surface area contributed by atoms with Gasteiger partial charge in [0.05, 0.1) is 37.4 Å². The number of esters is 1. The molecule has 1 amide bonds. The molecular formula is C19H21ClN2O4. The second-order valence-corrected chi connectivity index (χ2v) is 5.98. The minimum absolute atomic E-state index is 0.0434. The largest absolute Gasteiger partial charge is 0.496 e. The number of hydrogen-bond acceptors (Lipinski definition) is 5. The van der Waals surface area contributed by atoms with Crippen LogP contribution in [0.15, 0.2) is 42.5 Å².